The maximum atomic E-state index is 4.82. The van der Waals surface area contributed by atoms with Crippen molar-refractivity contribution in [3.8, 4) is 11.5 Å². The van der Waals surface area contributed by atoms with Crippen LogP contribution >= 0.6 is 23.6 Å². The summed E-state index contributed by atoms with van der Waals surface area (Å²) in [6, 6.07) is 0. The number of rotatable bonds is 1. The number of H-pyrrole nitrogens is 2. The molecule has 2 aromatic heterocycles. The number of thiazole rings is 1. The number of hydrogen-bond donors (Lipinski definition) is 2. The van der Waals surface area contributed by atoms with Gasteiger partial charge < -0.3 is 0 Å². The van der Waals surface area contributed by atoms with Crippen LogP contribution in [0.25, 0.3) is 11.5 Å². The van der Waals surface area contributed by atoms with Gasteiger partial charge in [-0.05, 0) is 19.1 Å². The van der Waals surface area contributed by atoms with Gasteiger partial charge in [0.1, 0.15) is 5.69 Å². The Kier molecular flexibility index (Phi) is 1.78. The van der Waals surface area contributed by atoms with Crippen molar-refractivity contribution in [3.05, 3.63) is 15.2 Å². The van der Waals surface area contributed by atoms with E-state index >= 15 is 0 Å². The Morgan fingerprint density at radius 2 is 2.25 bits per heavy atom. The predicted octanol–water partition coefficient (Wildman–Crippen LogP) is 1.90. The zero-order chi connectivity index (χ0) is 8.55. The first kappa shape index (κ1) is 7.63. The van der Waals surface area contributed by atoms with Crippen molar-refractivity contribution < 1.29 is 0 Å². The van der Waals surface area contributed by atoms with Gasteiger partial charge in [-0.25, -0.2) is 4.98 Å². The minimum atomic E-state index is 0.454. The van der Waals surface area contributed by atoms with E-state index in [2.05, 4.69) is 20.2 Å². The summed E-state index contributed by atoms with van der Waals surface area (Å²) >= 11 is 6.41. The first-order valence-electron chi connectivity index (χ1n) is 3.33. The first-order chi connectivity index (χ1) is 5.75. The van der Waals surface area contributed by atoms with E-state index in [0.29, 0.717) is 10.6 Å². The highest BCUT2D eigenvalue weighted by atomic mass is 32.1. The lowest BCUT2D eigenvalue weighted by atomic mass is 10.5. The maximum Gasteiger partial charge on any atom is 0.213 e. The molecule has 0 aliphatic heterocycles. The van der Waals surface area contributed by atoms with Crippen LogP contribution in [0.4, 0.5) is 0 Å². The van der Waals surface area contributed by atoms with Crippen molar-refractivity contribution in [2.75, 3.05) is 0 Å². The second-order valence-corrected chi connectivity index (χ2v) is 3.72. The Hall–Kier alpha value is -1.01. The molecular formula is C6H6N4S2. The molecule has 0 bridgehead atoms. The Balaban J connectivity index is 2.50. The molecular weight excluding hydrogens is 192 g/mol. The highest BCUT2D eigenvalue weighted by molar-refractivity contribution is 7.71. The van der Waals surface area contributed by atoms with Gasteiger partial charge in [0.2, 0.25) is 4.77 Å². The lowest BCUT2D eigenvalue weighted by Crippen LogP contribution is -1.80. The van der Waals surface area contributed by atoms with Crippen LogP contribution in [0.2, 0.25) is 0 Å². The van der Waals surface area contributed by atoms with Crippen molar-refractivity contribution in [3.63, 3.8) is 0 Å². The maximum absolute atomic E-state index is 4.82. The average molecular weight is 198 g/mol. The monoisotopic (exact) mass is 198 g/mol. The third-order valence-corrected chi connectivity index (χ3v) is 2.33. The highest BCUT2D eigenvalue weighted by Gasteiger charge is 2.03. The molecule has 0 amide bonds. The van der Waals surface area contributed by atoms with E-state index in [0.717, 1.165) is 10.7 Å². The summed E-state index contributed by atoms with van der Waals surface area (Å²) < 4.78 is 0.454. The Morgan fingerprint density at radius 3 is 2.75 bits per heavy atom. The van der Waals surface area contributed by atoms with Gasteiger partial charge in [-0.15, -0.1) is 11.3 Å². The fraction of sp³-hybridized carbons (Fsp3) is 0.167. The van der Waals surface area contributed by atoms with E-state index < -0.39 is 0 Å². The molecule has 0 spiro atoms. The number of aryl methyl sites for hydroxylation is 1. The molecule has 0 radical (unpaired) electrons. The summed E-state index contributed by atoms with van der Waals surface area (Å²) in [5, 5.41) is 8.52. The molecule has 0 aliphatic rings. The van der Waals surface area contributed by atoms with E-state index in [9.17, 15) is 0 Å². The number of nitrogens with one attached hydrogen (secondary N) is 2. The lowest BCUT2D eigenvalue weighted by Gasteiger charge is -1.84. The zero-order valence-corrected chi connectivity index (χ0v) is 7.92. The fourth-order valence-electron chi connectivity index (χ4n) is 0.864. The van der Waals surface area contributed by atoms with E-state index in [4.69, 9.17) is 12.2 Å². The minimum Gasteiger partial charge on any atom is -0.280 e. The van der Waals surface area contributed by atoms with Gasteiger partial charge in [0.25, 0.3) is 0 Å². The molecule has 62 valence electrons. The second-order valence-electron chi connectivity index (χ2n) is 2.27. The van der Waals surface area contributed by atoms with Crippen LogP contribution in [0, 0.1) is 11.7 Å². The summed E-state index contributed by atoms with van der Waals surface area (Å²) in [5.41, 5.74) is 0.838. The number of nitrogens with zero attached hydrogens (tertiary/aromatic N) is 2. The van der Waals surface area contributed by atoms with Gasteiger partial charge in [-0.3, -0.25) is 10.2 Å². The Bertz CT molecular complexity index is 438. The molecule has 0 aliphatic carbocycles. The summed E-state index contributed by atoms with van der Waals surface area (Å²) in [6.07, 6.45) is 0. The first-order valence-corrected chi connectivity index (χ1v) is 4.61. The molecule has 0 unspecified atom stereocenters. The normalized spacial score (nSPS) is 10.4. The van der Waals surface area contributed by atoms with Gasteiger partial charge in [-0.2, -0.15) is 4.98 Å². The molecule has 2 N–H and O–H groups in total. The molecule has 0 saturated heterocycles. The molecule has 12 heavy (non-hydrogen) atoms. The van der Waals surface area contributed by atoms with Crippen molar-refractivity contribution in [1.29, 1.82) is 0 Å². The smallest absolute Gasteiger partial charge is 0.213 e. The molecule has 2 rings (SSSR count). The molecule has 2 heterocycles. The highest BCUT2D eigenvalue weighted by Crippen LogP contribution is 2.16. The van der Waals surface area contributed by atoms with Crippen molar-refractivity contribution >= 4 is 23.6 Å². The molecule has 2 aromatic rings. The molecule has 0 fully saturated rings. The Morgan fingerprint density at radius 1 is 1.42 bits per heavy atom. The standard InChI is InChI=1S/C6H6N4S2/c1-3-7-4(2-12-3)5-8-6(11)10-9-5/h2H,1H3,(H2,8,9,10,11). The molecule has 4 nitrogen and oxygen atoms in total. The van der Waals surface area contributed by atoms with Crippen LogP contribution < -0.4 is 0 Å². The van der Waals surface area contributed by atoms with Gasteiger partial charge in [-0.1, -0.05) is 0 Å². The third-order valence-electron chi connectivity index (χ3n) is 1.36. The summed E-state index contributed by atoms with van der Waals surface area (Å²) in [7, 11) is 0. The fourth-order valence-corrected chi connectivity index (χ4v) is 1.60. The molecule has 0 aromatic carbocycles. The SMILES string of the molecule is Cc1nc(-c2nc(=S)[nH][nH]2)cs1. The topological polar surface area (TPSA) is 57.4 Å². The van der Waals surface area contributed by atoms with Gasteiger partial charge in [0.05, 0.1) is 5.01 Å². The summed E-state index contributed by atoms with van der Waals surface area (Å²) in [6.45, 7) is 1.95. The lowest BCUT2D eigenvalue weighted by molar-refractivity contribution is 1.08. The van der Waals surface area contributed by atoms with E-state index in [1.165, 1.54) is 0 Å². The van der Waals surface area contributed by atoms with E-state index in [-0.39, 0.29) is 0 Å². The Labute approximate surface area is 77.7 Å². The molecule has 0 saturated carbocycles. The predicted molar refractivity (Wildman–Crippen MR) is 49.6 cm³/mol. The van der Waals surface area contributed by atoms with Crippen molar-refractivity contribution in [2.45, 2.75) is 6.92 Å². The van der Waals surface area contributed by atoms with E-state index in [1.807, 2.05) is 12.3 Å². The van der Waals surface area contributed by atoms with Crippen LogP contribution in [0.15, 0.2) is 5.38 Å². The largest absolute Gasteiger partial charge is 0.280 e. The summed E-state index contributed by atoms with van der Waals surface area (Å²) in [5.74, 6) is 0.698. The number of aromatic nitrogens is 4. The van der Waals surface area contributed by atoms with Gasteiger partial charge in [0, 0.05) is 5.38 Å². The second kappa shape index (κ2) is 2.80. The van der Waals surface area contributed by atoms with Gasteiger partial charge in [0.15, 0.2) is 5.82 Å². The van der Waals surface area contributed by atoms with Crippen LogP contribution in [0.5, 0.6) is 0 Å². The third kappa shape index (κ3) is 1.30. The van der Waals surface area contributed by atoms with Crippen molar-refractivity contribution in [1.82, 2.24) is 20.2 Å². The number of hydrogen-bond acceptors (Lipinski definition) is 4. The average Bonchev–Trinajstić information content (AvgIpc) is 2.58. The van der Waals surface area contributed by atoms with Crippen LogP contribution in [-0.4, -0.2) is 20.2 Å². The van der Waals surface area contributed by atoms with Crippen LogP contribution in [-0.2, 0) is 0 Å². The van der Waals surface area contributed by atoms with Crippen LogP contribution in [0.3, 0.4) is 0 Å². The van der Waals surface area contributed by atoms with Crippen molar-refractivity contribution in [2.24, 2.45) is 0 Å². The zero-order valence-electron chi connectivity index (χ0n) is 6.29. The summed E-state index contributed by atoms with van der Waals surface area (Å²) in [4.78, 5) is 8.29. The molecule has 0 atom stereocenters. The van der Waals surface area contributed by atoms with Gasteiger partial charge >= 0.3 is 0 Å². The molecule has 6 heteroatoms. The van der Waals surface area contributed by atoms with E-state index in [1.54, 1.807) is 11.3 Å². The quantitative estimate of drug-likeness (QED) is 0.688. The minimum absolute atomic E-state index is 0.454. The number of aromatic amines is 2. The van der Waals surface area contributed by atoms with Crippen LogP contribution in [0.1, 0.15) is 5.01 Å².